The van der Waals surface area contributed by atoms with Crippen LogP contribution in [-0.4, -0.2) is 64.8 Å². The highest BCUT2D eigenvalue weighted by molar-refractivity contribution is 5.50. The van der Waals surface area contributed by atoms with Crippen LogP contribution in [0.2, 0.25) is 0 Å². The van der Waals surface area contributed by atoms with E-state index in [4.69, 9.17) is 10.5 Å². The van der Waals surface area contributed by atoms with Crippen molar-refractivity contribution in [1.29, 1.82) is 0 Å². The second-order valence-corrected chi connectivity index (χ2v) is 9.01. The number of aromatic nitrogens is 3. The molecule has 0 atom stereocenters. The Kier molecular flexibility index (Phi) is 14.9. The number of pyridine rings is 1. The van der Waals surface area contributed by atoms with E-state index in [1.807, 2.05) is 32.0 Å². The highest BCUT2D eigenvalue weighted by atomic mass is 16.5. The molecule has 1 aliphatic rings. The van der Waals surface area contributed by atoms with Crippen molar-refractivity contribution in [2.24, 2.45) is 5.73 Å². The molecule has 0 saturated carbocycles. The highest BCUT2D eigenvalue weighted by Gasteiger charge is 2.15. The first kappa shape index (κ1) is 29.9. The number of hydrogen-bond donors (Lipinski definition) is 3. The number of anilines is 2. The zero-order chi connectivity index (χ0) is 26.0. The number of hydrogen-bond acceptors (Lipinski definition) is 8. The van der Waals surface area contributed by atoms with E-state index in [2.05, 4.69) is 32.4 Å². The second kappa shape index (κ2) is 18.0. The minimum absolute atomic E-state index is 0.243. The van der Waals surface area contributed by atoms with Crippen LogP contribution < -0.4 is 22.1 Å². The lowest BCUT2D eigenvalue weighted by atomic mass is 10.1. The Balaban J connectivity index is 0.00000222. The van der Waals surface area contributed by atoms with Gasteiger partial charge in [0.15, 0.2) is 0 Å². The predicted molar refractivity (Wildman–Crippen MR) is 148 cm³/mol. The average molecular weight is 502 g/mol. The number of aryl methyl sites for hydroxylation is 1. The summed E-state index contributed by atoms with van der Waals surface area (Å²) >= 11 is 0. The summed E-state index contributed by atoms with van der Waals surface area (Å²) in [4.78, 5) is 23.4. The van der Waals surface area contributed by atoms with E-state index < -0.39 is 0 Å². The Morgan fingerprint density at radius 3 is 2.53 bits per heavy atom. The minimum atomic E-state index is -0.243. The molecule has 2 aromatic heterocycles. The van der Waals surface area contributed by atoms with Crippen molar-refractivity contribution >= 4 is 11.6 Å². The van der Waals surface area contributed by atoms with Gasteiger partial charge in [-0.05, 0) is 88.9 Å². The molecule has 4 N–H and O–H groups in total. The van der Waals surface area contributed by atoms with E-state index in [1.54, 1.807) is 17.0 Å². The number of rotatable bonds is 15. The molecule has 0 unspecified atom stereocenters. The molecule has 0 bridgehead atoms. The van der Waals surface area contributed by atoms with Gasteiger partial charge in [-0.3, -0.25) is 4.57 Å². The van der Waals surface area contributed by atoms with E-state index in [0.29, 0.717) is 30.8 Å². The molecule has 36 heavy (non-hydrogen) atoms. The summed E-state index contributed by atoms with van der Waals surface area (Å²) in [6.07, 6.45) is 9.92. The zero-order valence-corrected chi connectivity index (χ0v) is 22.5. The van der Waals surface area contributed by atoms with Gasteiger partial charge in [-0.1, -0.05) is 26.8 Å². The van der Waals surface area contributed by atoms with Crippen LogP contribution in [0.15, 0.2) is 35.4 Å². The van der Waals surface area contributed by atoms with Crippen molar-refractivity contribution in [3.63, 3.8) is 0 Å². The summed E-state index contributed by atoms with van der Waals surface area (Å²) in [7, 11) is 0. The van der Waals surface area contributed by atoms with Gasteiger partial charge in [-0.25, -0.2) is 9.78 Å². The molecule has 0 aromatic carbocycles. The van der Waals surface area contributed by atoms with Crippen LogP contribution in [0.25, 0.3) is 0 Å². The van der Waals surface area contributed by atoms with Crippen LogP contribution in [0.1, 0.15) is 64.9 Å². The molecule has 9 heteroatoms. The number of unbranched alkanes of at least 4 members (excludes halogenated alkanes) is 1. The quantitative estimate of drug-likeness (QED) is 0.318. The molecular weight excluding hydrogens is 454 g/mol. The molecule has 1 aliphatic heterocycles. The summed E-state index contributed by atoms with van der Waals surface area (Å²) in [5, 5.41) is 6.47. The monoisotopic (exact) mass is 501 g/mol. The van der Waals surface area contributed by atoms with Gasteiger partial charge in [0, 0.05) is 31.6 Å². The maximum absolute atomic E-state index is 12.4. The molecule has 0 amide bonds. The van der Waals surface area contributed by atoms with Crippen LogP contribution in [0.5, 0.6) is 0 Å². The molecule has 202 valence electrons. The molecule has 9 nitrogen and oxygen atoms in total. The third kappa shape index (κ3) is 11.6. The van der Waals surface area contributed by atoms with E-state index in [-0.39, 0.29) is 5.69 Å². The molecule has 0 aliphatic carbocycles. The molecule has 3 rings (SSSR count). The number of likely N-dealkylation sites (tertiary alicyclic amines) is 1. The highest BCUT2D eigenvalue weighted by Crippen LogP contribution is 2.12. The SMILES string of the molecule is CC.CCCNCCCOCc1ccc(Nc2ccn(CCCCN3CCC(N)CC3)c(=O)n2)nc1. The van der Waals surface area contributed by atoms with E-state index in [9.17, 15) is 4.79 Å². The Hall–Kier alpha value is -2.33. The van der Waals surface area contributed by atoms with Crippen molar-refractivity contribution < 1.29 is 4.74 Å². The van der Waals surface area contributed by atoms with Gasteiger partial charge < -0.3 is 26.0 Å². The zero-order valence-electron chi connectivity index (χ0n) is 22.5. The number of nitrogens with two attached hydrogens (primary N) is 1. The molecule has 2 aromatic rings. The number of nitrogens with one attached hydrogen (secondary N) is 2. The lowest BCUT2D eigenvalue weighted by Crippen LogP contribution is -2.40. The smallest absolute Gasteiger partial charge is 0.349 e. The van der Waals surface area contributed by atoms with Gasteiger partial charge in [-0.15, -0.1) is 0 Å². The maximum Gasteiger partial charge on any atom is 0.349 e. The van der Waals surface area contributed by atoms with Crippen molar-refractivity contribution in [3.05, 3.63) is 46.6 Å². The predicted octanol–water partition coefficient (Wildman–Crippen LogP) is 3.52. The standard InChI is InChI=1S/C25H41N7O2.C2H6/c1-2-11-27-12-5-18-34-20-21-6-7-23(28-19-21)29-24-10-17-32(25(33)30-24)14-4-3-13-31-15-8-22(26)9-16-31;1-2/h6-7,10,17,19,22,27H,2-5,8-9,11-16,18,20,26H2,1H3,(H,28,29,30,33);1-2H3. The van der Waals surface area contributed by atoms with Crippen LogP contribution in [0.4, 0.5) is 11.6 Å². The lowest BCUT2D eigenvalue weighted by Gasteiger charge is -2.29. The molecule has 1 fully saturated rings. The topological polar surface area (TPSA) is 110 Å². The van der Waals surface area contributed by atoms with Crippen molar-refractivity contribution in [1.82, 2.24) is 24.8 Å². The maximum atomic E-state index is 12.4. The van der Waals surface area contributed by atoms with Crippen molar-refractivity contribution in [2.75, 3.05) is 44.6 Å². The van der Waals surface area contributed by atoms with E-state index in [0.717, 1.165) is 83.4 Å². The van der Waals surface area contributed by atoms with Crippen LogP contribution in [0, 0.1) is 0 Å². The first-order chi connectivity index (χ1) is 17.6. The Morgan fingerprint density at radius 2 is 1.83 bits per heavy atom. The second-order valence-electron chi connectivity index (χ2n) is 9.01. The average Bonchev–Trinajstić information content (AvgIpc) is 2.90. The van der Waals surface area contributed by atoms with E-state index in [1.165, 1.54) is 0 Å². The summed E-state index contributed by atoms with van der Waals surface area (Å²) < 4.78 is 7.37. The fourth-order valence-electron chi connectivity index (χ4n) is 3.97. The van der Waals surface area contributed by atoms with Gasteiger partial charge in [0.2, 0.25) is 0 Å². The van der Waals surface area contributed by atoms with Gasteiger partial charge in [0.05, 0.1) is 6.61 Å². The van der Waals surface area contributed by atoms with Crippen molar-refractivity contribution in [3.8, 4) is 0 Å². The molecular formula is C27H47N7O2. The van der Waals surface area contributed by atoms with Crippen LogP contribution >= 0.6 is 0 Å². The van der Waals surface area contributed by atoms with Crippen LogP contribution in [0.3, 0.4) is 0 Å². The number of ether oxygens (including phenoxy) is 1. The normalized spacial score (nSPS) is 14.3. The summed E-state index contributed by atoms with van der Waals surface area (Å²) in [6.45, 7) is 13.4. The first-order valence-corrected chi connectivity index (χ1v) is 13.7. The Morgan fingerprint density at radius 1 is 1.06 bits per heavy atom. The van der Waals surface area contributed by atoms with Gasteiger partial charge in [0.25, 0.3) is 0 Å². The Labute approximate surface area is 216 Å². The molecule has 1 saturated heterocycles. The molecule has 3 heterocycles. The van der Waals surface area contributed by atoms with Gasteiger partial charge in [0.1, 0.15) is 11.6 Å². The minimum Gasteiger partial charge on any atom is -0.377 e. The summed E-state index contributed by atoms with van der Waals surface area (Å²) in [6, 6.07) is 6.03. The largest absolute Gasteiger partial charge is 0.377 e. The number of nitrogens with zero attached hydrogens (tertiary/aromatic N) is 4. The summed E-state index contributed by atoms with van der Waals surface area (Å²) in [5.74, 6) is 1.15. The van der Waals surface area contributed by atoms with Gasteiger partial charge >= 0.3 is 5.69 Å². The first-order valence-electron chi connectivity index (χ1n) is 13.7. The molecule has 0 radical (unpaired) electrons. The number of piperidine rings is 1. The fraction of sp³-hybridized carbons (Fsp3) is 0.667. The van der Waals surface area contributed by atoms with Gasteiger partial charge in [-0.2, -0.15) is 4.98 Å². The third-order valence-corrected chi connectivity index (χ3v) is 6.05. The Bertz CT molecular complexity index is 880. The summed E-state index contributed by atoms with van der Waals surface area (Å²) in [5.41, 5.74) is 6.74. The third-order valence-electron chi connectivity index (χ3n) is 6.05. The lowest BCUT2D eigenvalue weighted by molar-refractivity contribution is 0.118. The van der Waals surface area contributed by atoms with E-state index >= 15 is 0 Å². The van der Waals surface area contributed by atoms with Crippen molar-refractivity contribution in [2.45, 2.75) is 78.5 Å². The fourth-order valence-corrected chi connectivity index (χ4v) is 3.97. The molecule has 0 spiro atoms. The van der Waals surface area contributed by atoms with Crippen LogP contribution in [-0.2, 0) is 17.9 Å².